The van der Waals surface area contributed by atoms with Crippen molar-refractivity contribution < 1.29 is 9.59 Å². The molecular formula is C25H31N5O2. The molecule has 2 aromatic rings. The molecular weight excluding hydrogens is 402 g/mol. The predicted octanol–water partition coefficient (Wildman–Crippen LogP) is 3.77. The first-order chi connectivity index (χ1) is 15.4. The normalized spacial score (nSPS) is 19.3. The zero-order valence-corrected chi connectivity index (χ0v) is 19.3. The Morgan fingerprint density at radius 2 is 1.88 bits per heavy atom. The average Bonchev–Trinajstić information content (AvgIpc) is 3.33. The van der Waals surface area contributed by atoms with E-state index < -0.39 is 0 Å². The zero-order valence-electron chi connectivity index (χ0n) is 19.3. The number of allylic oxidation sites excluding steroid dienone is 1. The van der Waals surface area contributed by atoms with E-state index in [9.17, 15) is 9.59 Å². The number of benzene rings is 1. The van der Waals surface area contributed by atoms with Crippen LogP contribution in [0.5, 0.6) is 0 Å². The Morgan fingerprint density at radius 1 is 1.19 bits per heavy atom. The Kier molecular flexibility index (Phi) is 6.26. The molecule has 1 amide bonds. The van der Waals surface area contributed by atoms with E-state index in [0.717, 1.165) is 31.5 Å². The maximum Gasteiger partial charge on any atom is 0.249 e. The molecule has 168 valence electrons. The highest BCUT2D eigenvalue weighted by atomic mass is 16.2. The maximum atomic E-state index is 13.4. The fourth-order valence-corrected chi connectivity index (χ4v) is 4.73. The van der Waals surface area contributed by atoms with E-state index in [0.29, 0.717) is 29.1 Å². The quantitative estimate of drug-likeness (QED) is 0.510. The minimum Gasteiger partial charge on any atom is -0.383 e. The topological polar surface area (TPSA) is 69.6 Å². The van der Waals surface area contributed by atoms with Crippen LogP contribution < -0.4 is 9.80 Å². The van der Waals surface area contributed by atoms with Crippen molar-refractivity contribution >= 4 is 28.8 Å². The second kappa shape index (κ2) is 9.10. The Hall–Kier alpha value is -3.22. The van der Waals surface area contributed by atoms with E-state index in [1.165, 1.54) is 0 Å². The van der Waals surface area contributed by atoms with Crippen LogP contribution in [-0.4, -0.2) is 59.8 Å². The molecule has 1 aliphatic heterocycles. The van der Waals surface area contributed by atoms with Crippen LogP contribution in [0.4, 0.5) is 11.5 Å². The zero-order chi connectivity index (χ0) is 22.8. The van der Waals surface area contributed by atoms with Gasteiger partial charge in [-0.15, -0.1) is 0 Å². The minimum atomic E-state index is -0.246. The number of amides is 1. The lowest BCUT2D eigenvalue weighted by Gasteiger charge is -2.43. The molecule has 4 rings (SSSR count). The molecule has 1 aromatic carbocycles. The Balaban J connectivity index is 1.83. The van der Waals surface area contributed by atoms with Gasteiger partial charge in [0.25, 0.3) is 0 Å². The molecule has 7 nitrogen and oxygen atoms in total. The molecule has 1 aromatic heterocycles. The van der Waals surface area contributed by atoms with Gasteiger partial charge >= 0.3 is 0 Å². The highest BCUT2D eigenvalue weighted by Gasteiger charge is 2.41. The first-order valence-electron chi connectivity index (χ1n) is 11.3. The second-order valence-corrected chi connectivity index (χ2v) is 8.77. The van der Waals surface area contributed by atoms with Crippen LogP contribution in [0.2, 0.25) is 0 Å². The highest BCUT2D eigenvalue weighted by Crippen LogP contribution is 2.40. The van der Waals surface area contributed by atoms with Gasteiger partial charge in [-0.2, -0.15) is 0 Å². The van der Waals surface area contributed by atoms with Crippen molar-refractivity contribution in [3.63, 3.8) is 0 Å². The second-order valence-electron chi connectivity index (χ2n) is 8.77. The number of hydrogen-bond donors (Lipinski definition) is 0. The van der Waals surface area contributed by atoms with Gasteiger partial charge in [0.2, 0.25) is 5.91 Å². The lowest BCUT2D eigenvalue weighted by molar-refractivity contribution is -0.120. The molecule has 0 spiro atoms. The standard InChI is InChI=1S/C25H31N5O2/c1-5-20-25(32)29(4)21-15-26-23(27-24(21)30(20)18-13-9-10-14-18)19(16-28(2)3)22(31)17-11-7-6-8-12-17/h6-8,11-12,15-16,18,20H,5,9-10,13-14H2,1-4H3/t20-/m1/s1. The molecule has 1 fully saturated rings. The third-order valence-corrected chi connectivity index (χ3v) is 6.32. The van der Waals surface area contributed by atoms with Crippen molar-refractivity contribution in [1.29, 1.82) is 0 Å². The van der Waals surface area contributed by atoms with Crippen molar-refractivity contribution in [1.82, 2.24) is 14.9 Å². The first-order valence-corrected chi connectivity index (χ1v) is 11.3. The van der Waals surface area contributed by atoms with Crippen LogP contribution in [0.3, 0.4) is 0 Å². The van der Waals surface area contributed by atoms with E-state index in [1.807, 2.05) is 44.1 Å². The van der Waals surface area contributed by atoms with Crippen molar-refractivity contribution in [2.75, 3.05) is 30.9 Å². The molecule has 0 unspecified atom stereocenters. The van der Waals surface area contributed by atoms with E-state index in [2.05, 4.69) is 9.88 Å². The van der Waals surface area contributed by atoms with E-state index in [1.54, 1.807) is 36.5 Å². The average molecular weight is 434 g/mol. The molecule has 2 aliphatic rings. The van der Waals surface area contributed by atoms with Crippen LogP contribution >= 0.6 is 0 Å². The highest BCUT2D eigenvalue weighted by molar-refractivity contribution is 6.28. The molecule has 0 N–H and O–H groups in total. The molecule has 0 bridgehead atoms. The monoisotopic (exact) mass is 433 g/mol. The van der Waals surface area contributed by atoms with Crippen LogP contribution in [0.1, 0.15) is 55.2 Å². The van der Waals surface area contributed by atoms with E-state index >= 15 is 0 Å². The summed E-state index contributed by atoms with van der Waals surface area (Å²) in [6.07, 6.45) is 8.59. The van der Waals surface area contributed by atoms with E-state index in [4.69, 9.17) is 4.98 Å². The first kappa shape index (κ1) is 22.0. The smallest absolute Gasteiger partial charge is 0.249 e. The summed E-state index contributed by atoms with van der Waals surface area (Å²) in [5, 5.41) is 0. The third kappa shape index (κ3) is 3.99. The molecule has 0 saturated heterocycles. The number of carbonyl (C=O) groups excluding carboxylic acids is 2. The summed E-state index contributed by atoms with van der Waals surface area (Å²) < 4.78 is 0. The number of aromatic nitrogens is 2. The van der Waals surface area contributed by atoms with Gasteiger partial charge < -0.3 is 14.7 Å². The maximum absolute atomic E-state index is 13.4. The van der Waals surface area contributed by atoms with Gasteiger partial charge in [-0.05, 0) is 19.3 Å². The van der Waals surface area contributed by atoms with E-state index in [-0.39, 0.29) is 23.8 Å². The number of carbonyl (C=O) groups is 2. The van der Waals surface area contributed by atoms with Gasteiger partial charge in [-0.25, -0.2) is 9.97 Å². The number of likely N-dealkylation sites (N-methyl/N-ethyl adjacent to an activating group) is 1. The summed E-state index contributed by atoms with van der Waals surface area (Å²) in [4.78, 5) is 41.6. The van der Waals surface area contributed by atoms with Gasteiger partial charge in [0.15, 0.2) is 17.4 Å². The van der Waals surface area contributed by atoms with Gasteiger partial charge in [0.05, 0.1) is 11.8 Å². The summed E-state index contributed by atoms with van der Waals surface area (Å²) >= 11 is 0. The number of hydrogen-bond acceptors (Lipinski definition) is 6. The summed E-state index contributed by atoms with van der Waals surface area (Å²) in [6, 6.07) is 9.22. The number of nitrogens with zero attached hydrogens (tertiary/aromatic N) is 5. The fraction of sp³-hybridized carbons (Fsp3) is 0.440. The van der Waals surface area contributed by atoms with Crippen LogP contribution in [0.25, 0.3) is 5.57 Å². The Bertz CT molecular complexity index is 1030. The van der Waals surface area contributed by atoms with Crippen LogP contribution in [0.15, 0.2) is 42.7 Å². The molecule has 32 heavy (non-hydrogen) atoms. The Labute approximate surface area is 189 Å². The molecule has 1 atom stereocenters. The molecule has 1 saturated carbocycles. The molecule has 1 aliphatic carbocycles. The van der Waals surface area contributed by atoms with Gasteiger partial charge in [-0.3, -0.25) is 9.59 Å². The predicted molar refractivity (Wildman–Crippen MR) is 127 cm³/mol. The summed E-state index contributed by atoms with van der Waals surface area (Å²) in [5.74, 6) is 1.08. The number of rotatable bonds is 6. The summed E-state index contributed by atoms with van der Waals surface area (Å²) in [6.45, 7) is 2.04. The lowest BCUT2D eigenvalue weighted by atomic mass is 10.0. The lowest BCUT2D eigenvalue weighted by Crippen LogP contribution is -2.55. The Morgan fingerprint density at radius 3 is 2.50 bits per heavy atom. The van der Waals surface area contributed by atoms with Crippen molar-refractivity contribution in [2.45, 2.75) is 51.1 Å². The number of Topliss-reactive ketones (excluding diaryl/α,β-unsaturated/α-hetero) is 1. The number of fused-ring (bicyclic) bond motifs is 1. The summed E-state index contributed by atoms with van der Waals surface area (Å²) in [5.41, 5.74) is 1.72. The van der Waals surface area contributed by atoms with Crippen molar-refractivity contribution in [3.05, 3.63) is 54.1 Å². The van der Waals surface area contributed by atoms with Gasteiger partial charge in [-0.1, -0.05) is 50.1 Å². The van der Waals surface area contributed by atoms with Gasteiger partial charge in [0.1, 0.15) is 11.7 Å². The molecule has 2 heterocycles. The van der Waals surface area contributed by atoms with Crippen molar-refractivity contribution in [2.24, 2.45) is 0 Å². The molecule has 0 radical (unpaired) electrons. The minimum absolute atomic E-state index is 0.0765. The summed E-state index contributed by atoms with van der Waals surface area (Å²) in [7, 11) is 5.53. The van der Waals surface area contributed by atoms with Crippen molar-refractivity contribution in [3.8, 4) is 0 Å². The molecule has 7 heteroatoms. The fourth-order valence-electron chi connectivity index (χ4n) is 4.73. The SMILES string of the molecule is CC[C@@H]1C(=O)N(C)c2cnc(C(=CN(C)C)C(=O)c3ccccc3)nc2N1C1CCCC1. The number of anilines is 2. The largest absolute Gasteiger partial charge is 0.383 e. The van der Waals surface area contributed by atoms with Crippen LogP contribution in [-0.2, 0) is 4.79 Å². The van der Waals surface area contributed by atoms with Gasteiger partial charge in [0, 0.05) is 38.9 Å². The number of ketones is 1. The third-order valence-electron chi connectivity index (χ3n) is 6.32. The van der Waals surface area contributed by atoms with Crippen LogP contribution in [0, 0.1) is 0 Å².